The first-order valence-electron chi connectivity index (χ1n) is 12.2. The molecule has 0 unspecified atom stereocenters. The van der Waals surface area contributed by atoms with Crippen LogP contribution in [0.3, 0.4) is 0 Å². The van der Waals surface area contributed by atoms with Crippen molar-refractivity contribution in [3.05, 3.63) is 60.8 Å². The van der Waals surface area contributed by atoms with Gasteiger partial charge >= 0.3 is 0 Å². The van der Waals surface area contributed by atoms with Crippen LogP contribution < -0.4 is 0 Å². The molecule has 0 spiro atoms. The van der Waals surface area contributed by atoms with Crippen LogP contribution in [0.2, 0.25) is 0 Å². The van der Waals surface area contributed by atoms with Gasteiger partial charge in [0.2, 0.25) is 5.91 Å². The molecule has 188 valence electrons. The molecule has 0 saturated heterocycles. The number of aromatic amines is 2. The van der Waals surface area contributed by atoms with Gasteiger partial charge in [-0.25, -0.2) is 19.3 Å². The van der Waals surface area contributed by atoms with E-state index in [2.05, 4.69) is 25.1 Å². The molecule has 0 amide bonds. The molecule has 1 aromatic carbocycles. The van der Waals surface area contributed by atoms with E-state index in [4.69, 9.17) is 4.98 Å². The molecule has 0 saturated carbocycles. The Labute approximate surface area is 219 Å². The van der Waals surface area contributed by atoms with Gasteiger partial charge in [0.15, 0.2) is 11.3 Å². The summed E-state index contributed by atoms with van der Waals surface area (Å²) in [6, 6.07) is 11.1. The number of pyridine rings is 2. The van der Waals surface area contributed by atoms with Crippen molar-refractivity contribution in [1.82, 2.24) is 34.7 Å². The molecule has 4 aromatic heterocycles. The second-order valence-electron chi connectivity index (χ2n) is 10.6. The maximum atomic E-state index is 16.2. The van der Waals surface area contributed by atoms with Gasteiger partial charge in [0.1, 0.15) is 21.9 Å². The molecule has 38 heavy (non-hydrogen) atoms. The first kappa shape index (κ1) is 22.7. The number of carbonyl (C=O) groups is 1. The minimum absolute atomic E-state index is 0.0668. The number of nitrogens with one attached hydrogen (secondary N) is 2. The highest BCUT2D eigenvalue weighted by Crippen LogP contribution is 2.35. The van der Waals surface area contributed by atoms with Gasteiger partial charge in [-0.15, -0.1) is 11.3 Å². The van der Waals surface area contributed by atoms with Crippen molar-refractivity contribution in [2.24, 2.45) is 5.41 Å². The first-order chi connectivity index (χ1) is 18.3. The maximum absolute atomic E-state index is 16.2. The van der Waals surface area contributed by atoms with Crippen LogP contribution >= 0.6 is 11.3 Å². The van der Waals surface area contributed by atoms with E-state index in [9.17, 15) is 4.79 Å². The minimum atomic E-state index is -0.434. The number of nitrogens with zero attached hydrogens (tertiary/aromatic N) is 5. The molecule has 0 fully saturated rings. The van der Waals surface area contributed by atoms with Crippen molar-refractivity contribution >= 4 is 70.8 Å². The number of hydrogen-bond donors (Lipinski definition) is 2. The molecular weight excluding hydrogens is 501 g/mol. The number of thiophene rings is 1. The van der Waals surface area contributed by atoms with E-state index in [1.165, 1.54) is 11.3 Å². The summed E-state index contributed by atoms with van der Waals surface area (Å²) in [5.41, 5.74) is 3.15. The van der Waals surface area contributed by atoms with Gasteiger partial charge in [0.25, 0.3) is 0 Å². The molecule has 0 atom stereocenters. The van der Waals surface area contributed by atoms with Crippen molar-refractivity contribution in [2.75, 3.05) is 0 Å². The Hall–Kier alpha value is -4.44. The van der Waals surface area contributed by atoms with Crippen LogP contribution in [-0.2, 0) is 0 Å². The molecule has 8 nitrogen and oxygen atoms in total. The Kier molecular flexibility index (Phi) is 4.80. The fourth-order valence-corrected chi connectivity index (χ4v) is 5.97. The predicted molar refractivity (Wildman–Crippen MR) is 149 cm³/mol. The highest BCUT2D eigenvalue weighted by atomic mass is 32.1. The summed E-state index contributed by atoms with van der Waals surface area (Å²) in [6.07, 6.45) is 5.26. The summed E-state index contributed by atoms with van der Waals surface area (Å²) < 4.78 is 18.8. The monoisotopic (exact) mass is 523 g/mol. The number of halogens is 1. The van der Waals surface area contributed by atoms with Crippen LogP contribution in [0, 0.1) is 11.2 Å². The second-order valence-corrected chi connectivity index (χ2v) is 11.7. The number of imidazole rings is 1. The van der Waals surface area contributed by atoms with Crippen LogP contribution in [0.4, 0.5) is 4.39 Å². The average molecular weight is 524 g/mol. The van der Waals surface area contributed by atoms with Crippen molar-refractivity contribution in [1.29, 1.82) is 0 Å². The van der Waals surface area contributed by atoms with Gasteiger partial charge in [-0.05, 0) is 41.8 Å². The van der Waals surface area contributed by atoms with Gasteiger partial charge in [0, 0.05) is 39.7 Å². The fourth-order valence-electron chi connectivity index (χ4n) is 4.90. The molecule has 2 aliphatic heterocycles. The Morgan fingerprint density at radius 2 is 1.89 bits per heavy atom. The third-order valence-corrected chi connectivity index (χ3v) is 7.68. The van der Waals surface area contributed by atoms with E-state index in [1.54, 1.807) is 35.3 Å². The van der Waals surface area contributed by atoms with Gasteiger partial charge in [-0.2, -0.15) is 0 Å². The smallest absolute Gasteiger partial charge is 0.232 e. The summed E-state index contributed by atoms with van der Waals surface area (Å²) in [6.45, 7) is 6.09. The SMILES string of the molecule is CC(C)(C)CC(=O)n1c2cncc(c2)c2ccc3[nH][nH]c(c4nc5nccc(c6ccc1s6)c5n4)-c3c2F. The molecular formula is C28H22FN7OS. The number of hydrogen-bond acceptors (Lipinski definition) is 6. The summed E-state index contributed by atoms with van der Waals surface area (Å²) in [5, 5.41) is 7.84. The van der Waals surface area contributed by atoms with Gasteiger partial charge in [-0.3, -0.25) is 24.5 Å². The van der Waals surface area contributed by atoms with Crippen LogP contribution in [0.15, 0.2) is 55.0 Å². The number of rotatable bonds is 1. The number of aromatic nitrogens is 7. The Morgan fingerprint density at radius 1 is 1.03 bits per heavy atom. The average Bonchev–Trinajstić information content (AvgIpc) is 3.61. The standard InChI is InChI=1S/C28H22FN7OS/c1-28(2,3)11-20(37)36-15-10-14(12-30-13-15)16-4-5-18-22(23(16)29)25(35-34-18)27-32-24-17(8-9-31-26(24)33-27)19-6-7-21(36)38-19/h4-10,12-13,34-35H,11H2,1-3H3. The van der Waals surface area contributed by atoms with E-state index >= 15 is 4.39 Å². The van der Waals surface area contributed by atoms with E-state index in [-0.39, 0.29) is 11.3 Å². The molecule has 5 aromatic rings. The van der Waals surface area contributed by atoms with Gasteiger partial charge in [0.05, 0.1) is 22.8 Å². The lowest BCUT2D eigenvalue weighted by Crippen LogP contribution is -2.19. The lowest BCUT2D eigenvalue weighted by atomic mass is 9.92. The summed E-state index contributed by atoms with van der Waals surface area (Å²) in [7, 11) is 0. The van der Waals surface area contributed by atoms with Gasteiger partial charge < -0.3 is 0 Å². The van der Waals surface area contributed by atoms with Crippen molar-refractivity contribution in [2.45, 2.75) is 27.2 Å². The van der Waals surface area contributed by atoms with Crippen LogP contribution in [-0.4, -0.2) is 40.6 Å². The Balaban J connectivity index is 1.71. The molecule has 7 rings (SSSR count). The normalized spacial score (nSPS) is 12.4. The zero-order chi connectivity index (χ0) is 26.2. The third-order valence-electron chi connectivity index (χ3n) is 6.57. The number of carbonyl (C=O) groups excluding carboxylic acids is 1. The lowest BCUT2D eigenvalue weighted by Gasteiger charge is -2.18. The minimum Gasteiger partial charge on any atom is -0.300 e. The van der Waals surface area contributed by atoms with Crippen molar-refractivity contribution < 1.29 is 9.18 Å². The van der Waals surface area contributed by atoms with Crippen molar-refractivity contribution in [3.63, 3.8) is 0 Å². The molecule has 10 heteroatoms. The molecule has 2 aliphatic rings. The Bertz CT molecular complexity index is 2090. The zero-order valence-electron chi connectivity index (χ0n) is 20.8. The van der Waals surface area contributed by atoms with Crippen LogP contribution in [0.1, 0.15) is 32.0 Å². The lowest BCUT2D eigenvalue weighted by molar-refractivity contribution is 0.0867. The molecule has 0 radical (unpaired) electrons. The van der Waals surface area contributed by atoms with Crippen LogP contribution in [0.5, 0.6) is 0 Å². The first-order valence-corrected chi connectivity index (χ1v) is 13.0. The number of fused-ring (bicyclic) bond motifs is 9. The number of benzene rings is 1. The van der Waals surface area contributed by atoms with Crippen molar-refractivity contribution in [3.8, 4) is 11.3 Å². The summed E-state index contributed by atoms with van der Waals surface area (Å²) in [5.74, 6) is -0.501. The van der Waals surface area contributed by atoms with Gasteiger partial charge in [-0.1, -0.05) is 20.8 Å². The van der Waals surface area contributed by atoms with E-state index in [0.717, 1.165) is 14.9 Å². The predicted octanol–water partition coefficient (Wildman–Crippen LogP) is 7.00. The summed E-state index contributed by atoms with van der Waals surface area (Å²) >= 11 is 1.48. The van der Waals surface area contributed by atoms with E-state index < -0.39 is 5.82 Å². The zero-order valence-corrected chi connectivity index (χ0v) is 21.7. The molecule has 6 heterocycles. The molecule has 8 bridgehead atoms. The van der Waals surface area contributed by atoms with E-state index in [0.29, 0.717) is 56.3 Å². The molecule has 0 aliphatic carbocycles. The second kappa shape index (κ2) is 8.03. The number of H-pyrrole nitrogens is 2. The molecule has 2 N–H and O–H groups in total. The fraction of sp³-hybridized carbons (Fsp3) is 0.179. The Morgan fingerprint density at radius 3 is 2.74 bits per heavy atom. The highest BCUT2D eigenvalue weighted by Gasteiger charge is 2.21. The highest BCUT2D eigenvalue weighted by molar-refractivity contribution is 7.24. The van der Waals surface area contributed by atoms with Crippen LogP contribution in [0.25, 0.3) is 64.8 Å². The third kappa shape index (κ3) is 3.52. The quantitative estimate of drug-likeness (QED) is 0.241. The summed E-state index contributed by atoms with van der Waals surface area (Å²) in [4.78, 5) is 32.7. The maximum Gasteiger partial charge on any atom is 0.232 e. The van der Waals surface area contributed by atoms with E-state index in [1.807, 2.05) is 45.0 Å². The largest absolute Gasteiger partial charge is 0.300 e. The topological polar surface area (TPSA) is 105 Å².